The van der Waals surface area contributed by atoms with Crippen molar-refractivity contribution in [2.75, 3.05) is 31.6 Å². The molecule has 1 saturated carbocycles. The number of oxime groups is 1. The normalized spacial score (nSPS) is 22.5. The highest BCUT2D eigenvalue weighted by atomic mass is 19.1. The van der Waals surface area contributed by atoms with Gasteiger partial charge in [-0.1, -0.05) is 5.16 Å². The van der Waals surface area contributed by atoms with E-state index in [-0.39, 0.29) is 36.0 Å². The fraction of sp³-hybridized carbons (Fsp3) is 0.444. The van der Waals surface area contributed by atoms with Crippen molar-refractivity contribution in [3.05, 3.63) is 33.9 Å². The van der Waals surface area contributed by atoms with Gasteiger partial charge >= 0.3 is 5.97 Å². The molecule has 1 atom stereocenters. The van der Waals surface area contributed by atoms with Crippen molar-refractivity contribution in [2.45, 2.75) is 18.9 Å². The van der Waals surface area contributed by atoms with Crippen LogP contribution in [-0.2, 0) is 4.84 Å². The van der Waals surface area contributed by atoms with E-state index in [1.165, 1.54) is 18.2 Å². The lowest BCUT2D eigenvalue weighted by Crippen LogP contribution is -2.26. The van der Waals surface area contributed by atoms with Gasteiger partial charge in [-0.05, 0) is 18.9 Å². The van der Waals surface area contributed by atoms with Gasteiger partial charge in [-0.2, -0.15) is 0 Å². The summed E-state index contributed by atoms with van der Waals surface area (Å²) in [5.41, 5.74) is 4.89. The molecule has 4 rings (SSSR count). The van der Waals surface area contributed by atoms with Crippen molar-refractivity contribution < 1.29 is 21.9 Å². The Morgan fingerprint density at radius 1 is 1.57 bits per heavy atom. The van der Waals surface area contributed by atoms with Crippen molar-refractivity contribution >= 4 is 28.5 Å². The number of pyridine rings is 2. The highest BCUT2D eigenvalue weighted by molar-refractivity contribution is 5.95. The second-order valence-electron chi connectivity index (χ2n) is 6.85. The minimum absolute atomic E-state index is 0.00729. The third kappa shape index (κ3) is 2.99. The van der Waals surface area contributed by atoms with Gasteiger partial charge in [-0.3, -0.25) is 4.79 Å². The molecule has 3 N–H and O–H groups in total. The smallest absolute Gasteiger partial charge is 0.341 e. The van der Waals surface area contributed by atoms with Crippen LogP contribution in [0.4, 0.5) is 10.2 Å². The van der Waals surface area contributed by atoms with E-state index in [9.17, 15) is 19.1 Å². The topological polar surface area (TPSA) is 123 Å². The van der Waals surface area contributed by atoms with Crippen molar-refractivity contribution in [1.82, 2.24) is 9.55 Å². The van der Waals surface area contributed by atoms with Gasteiger partial charge in [-0.15, -0.1) is 0 Å². The van der Waals surface area contributed by atoms with Crippen LogP contribution >= 0.6 is 0 Å². The number of hydrogen-bond donors (Lipinski definition) is 2. The first kappa shape index (κ1) is 16.0. The summed E-state index contributed by atoms with van der Waals surface area (Å²) in [6.45, 7) is -2.04. The number of hydrogen-bond acceptors (Lipinski definition) is 7. The lowest BCUT2D eigenvalue weighted by molar-refractivity contribution is 0.0695. The van der Waals surface area contributed by atoms with Gasteiger partial charge in [0.25, 0.3) is 0 Å². The number of anilines is 1. The number of fused-ring (bicyclic) bond motifs is 1. The van der Waals surface area contributed by atoms with Crippen LogP contribution in [0.1, 0.15) is 32.0 Å². The molecule has 1 aliphatic carbocycles. The van der Waals surface area contributed by atoms with Gasteiger partial charge in [-0.25, -0.2) is 14.2 Å². The number of halogens is 1. The molecule has 0 spiro atoms. The Kier molecular flexibility index (Phi) is 3.92. The van der Waals surface area contributed by atoms with Gasteiger partial charge in [0.2, 0.25) is 5.43 Å². The summed E-state index contributed by atoms with van der Waals surface area (Å²) in [7, 11) is 1.32. The molecule has 28 heavy (non-hydrogen) atoms. The maximum absolute atomic E-state index is 15.0. The Hall–Kier alpha value is -3.01. The number of aromatic carboxylic acids is 1. The molecule has 2 fully saturated rings. The number of nitrogens with two attached hydrogens (primary N) is 1. The van der Waals surface area contributed by atoms with Crippen molar-refractivity contribution in [3.63, 3.8) is 0 Å². The average Bonchev–Trinajstić information content (AvgIpc) is 3.41. The molecule has 0 amide bonds. The zero-order chi connectivity index (χ0) is 21.8. The van der Waals surface area contributed by atoms with Crippen LogP contribution in [0.3, 0.4) is 0 Å². The van der Waals surface area contributed by atoms with Crippen LogP contribution in [-0.4, -0.2) is 53.0 Å². The second-order valence-corrected chi connectivity index (χ2v) is 6.85. The number of carboxylic acid groups (broad SMARTS) is 1. The average molecular weight is 393 g/mol. The fourth-order valence-electron chi connectivity index (χ4n) is 3.46. The van der Waals surface area contributed by atoms with E-state index in [4.69, 9.17) is 13.3 Å². The van der Waals surface area contributed by atoms with Crippen molar-refractivity contribution in [3.8, 4) is 0 Å². The molecule has 0 bridgehead atoms. The third-order valence-electron chi connectivity index (χ3n) is 4.98. The molecule has 0 aromatic carbocycles. The Bertz CT molecular complexity index is 1130. The van der Waals surface area contributed by atoms with Gasteiger partial charge in [0.15, 0.2) is 11.6 Å². The maximum Gasteiger partial charge on any atom is 0.341 e. The molecule has 148 valence electrons. The van der Waals surface area contributed by atoms with Crippen molar-refractivity contribution in [2.24, 2.45) is 16.8 Å². The van der Waals surface area contributed by atoms with E-state index >= 15 is 0 Å². The highest BCUT2D eigenvalue weighted by Gasteiger charge is 2.33. The molecule has 3 heterocycles. The Labute approximate surface area is 162 Å². The molecule has 1 saturated heterocycles. The van der Waals surface area contributed by atoms with E-state index in [0.717, 1.165) is 18.9 Å². The summed E-state index contributed by atoms with van der Waals surface area (Å²) in [5, 5.41) is 13.0. The summed E-state index contributed by atoms with van der Waals surface area (Å²) in [6.07, 6.45) is 2.85. The zero-order valence-electron chi connectivity index (χ0n) is 17.1. The first-order valence-electron chi connectivity index (χ1n) is 9.74. The summed E-state index contributed by atoms with van der Waals surface area (Å²) in [5.74, 6) is -3.13. The first-order chi connectivity index (χ1) is 14.1. The molecular weight excluding hydrogens is 371 g/mol. The van der Waals surface area contributed by atoms with Crippen LogP contribution in [0.15, 0.2) is 22.2 Å². The quantitative estimate of drug-likeness (QED) is 0.573. The second kappa shape index (κ2) is 6.86. The number of carboxylic acids is 1. The molecule has 2 aromatic heterocycles. The van der Waals surface area contributed by atoms with Gasteiger partial charge in [0, 0.05) is 33.9 Å². The van der Waals surface area contributed by atoms with Gasteiger partial charge < -0.3 is 25.1 Å². The predicted molar refractivity (Wildman–Crippen MR) is 100 cm³/mol. The van der Waals surface area contributed by atoms with E-state index in [2.05, 4.69) is 10.1 Å². The predicted octanol–water partition coefficient (Wildman–Crippen LogP) is 0.966. The third-order valence-corrected chi connectivity index (χ3v) is 4.98. The lowest BCUT2D eigenvalue weighted by Gasteiger charge is -2.19. The summed E-state index contributed by atoms with van der Waals surface area (Å²) >= 11 is 0. The molecule has 2 aliphatic rings. The SMILES string of the molecule is [2H]C([2H])(N)C1CN(c2nc3c(cc2F)c(=O)c(C(=O)O)cn3C2CC2)[13CH2]/[13C]1=N\OC. The standard InChI is InChI=1S/C18H20FN5O4/c1-28-22-14-8-23(6-9(14)5-20)17-13(19)4-11-15(25)12(18(26)27)7-24(10-2-3-10)16(11)21-17/h4,7,9-10H,2-3,5-6,8,20H2,1H3,(H,26,27)/b22-14+/i5D2,8+1,14+1. The molecule has 2 aromatic rings. The molecular formula is C18H20FN5O4. The van der Waals surface area contributed by atoms with Gasteiger partial charge in [0.1, 0.15) is 18.3 Å². The largest absolute Gasteiger partial charge is 0.477 e. The lowest BCUT2D eigenvalue weighted by atomic mass is 10.2. The number of rotatable bonds is 5. The number of aromatic nitrogens is 2. The van der Waals surface area contributed by atoms with Crippen LogP contribution < -0.4 is 16.1 Å². The fourth-order valence-corrected chi connectivity index (χ4v) is 3.46. The highest BCUT2D eigenvalue weighted by Crippen LogP contribution is 2.37. The summed E-state index contributed by atoms with van der Waals surface area (Å²) < 4.78 is 32.2. The van der Waals surface area contributed by atoms with Crippen molar-refractivity contribution in [1.29, 1.82) is 0 Å². The van der Waals surface area contributed by atoms with Gasteiger partial charge in [0.05, 0.1) is 17.6 Å². The van der Waals surface area contributed by atoms with E-state index in [0.29, 0.717) is 5.71 Å². The number of carbonyl (C=O) groups is 1. The summed E-state index contributed by atoms with van der Waals surface area (Å²) in [6, 6.07) is 0.982. The first-order valence-corrected chi connectivity index (χ1v) is 8.74. The molecule has 10 heteroatoms. The Morgan fingerprint density at radius 3 is 2.93 bits per heavy atom. The Morgan fingerprint density at radius 2 is 2.32 bits per heavy atom. The molecule has 1 aliphatic heterocycles. The molecule has 9 nitrogen and oxygen atoms in total. The molecule has 1 unspecified atom stereocenters. The van der Waals surface area contributed by atoms with E-state index < -0.39 is 35.2 Å². The molecule has 0 radical (unpaired) electrons. The van der Waals surface area contributed by atoms with Crippen LogP contribution in [0.2, 0.25) is 0 Å². The van der Waals surface area contributed by atoms with E-state index in [1.54, 1.807) is 4.57 Å². The van der Waals surface area contributed by atoms with Crippen LogP contribution in [0.5, 0.6) is 0 Å². The zero-order valence-corrected chi connectivity index (χ0v) is 15.1. The maximum atomic E-state index is 15.0. The van der Waals surface area contributed by atoms with E-state index in [1.807, 2.05) is 0 Å². The minimum atomic E-state index is -2.11. The number of nitrogens with zero attached hydrogens (tertiary/aromatic N) is 4. The monoisotopic (exact) mass is 393 g/mol. The minimum Gasteiger partial charge on any atom is -0.477 e. The van der Waals surface area contributed by atoms with Crippen LogP contribution in [0.25, 0.3) is 11.0 Å². The summed E-state index contributed by atoms with van der Waals surface area (Å²) in [4.78, 5) is 34.6. The Balaban J connectivity index is 1.85. The van der Waals surface area contributed by atoms with Crippen LogP contribution in [0, 0.1) is 11.7 Å².